The molecule has 0 aromatic carbocycles. The number of carbonyl (C=O) groups is 10. The summed E-state index contributed by atoms with van der Waals surface area (Å²) in [6.07, 6.45) is 6.96. The summed E-state index contributed by atoms with van der Waals surface area (Å²) >= 11 is 0. The fraction of sp³-hybridized carbons (Fsp3) is 0.767. The quantitative estimate of drug-likeness (QED) is 0.0738. The third-order valence-corrected chi connectivity index (χ3v) is 14.5. The van der Waals surface area contributed by atoms with Gasteiger partial charge < -0.3 is 50.0 Å². The van der Waals surface area contributed by atoms with Gasteiger partial charge in [0.1, 0.15) is 24.2 Å². The first-order valence-electron chi connectivity index (χ1n) is 28.5. The summed E-state index contributed by atoms with van der Waals surface area (Å²) in [6, 6.07) is -6.72. The van der Waals surface area contributed by atoms with Crippen molar-refractivity contribution in [3.63, 3.8) is 0 Å². The number of cyclic esters (lactones) is 4. The van der Waals surface area contributed by atoms with E-state index in [1.807, 2.05) is 0 Å². The van der Waals surface area contributed by atoms with Crippen molar-refractivity contribution in [2.45, 2.75) is 224 Å². The smallest absolute Gasteiger partial charge is 0.348 e. The van der Waals surface area contributed by atoms with Crippen molar-refractivity contribution in [2.75, 3.05) is 14.1 Å². The molecular formula is C60H98N6O14. The number of nitrogens with one attached hydrogen (secondary N) is 4. The fourth-order valence-corrected chi connectivity index (χ4v) is 9.52. The summed E-state index contributed by atoms with van der Waals surface area (Å²) in [7, 11) is 2.82. The van der Waals surface area contributed by atoms with Gasteiger partial charge in [0.25, 0.3) is 11.8 Å². The van der Waals surface area contributed by atoms with Gasteiger partial charge in [-0.1, -0.05) is 125 Å². The second-order valence-corrected chi connectivity index (χ2v) is 24.1. The Morgan fingerprint density at radius 3 is 0.912 bits per heavy atom. The monoisotopic (exact) mass is 1130 g/mol. The maximum absolute atomic E-state index is 14.5. The minimum Gasteiger partial charge on any atom is -0.449 e. The molecule has 452 valence electrons. The zero-order chi connectivity index (χ0) is 61.8. The number of carbonyl (C=O) groups excluding carboxylic acids is 10. The number of hydrogen-bond acceptors (Lipinski definition) is 14. The number of terminal acetylenes is 2. The molecule has 6 amide bonds. The summed E-state index contributed by atoms with van der Waals surface area (Å²) in [5, 5.41) is 11.4. The van der Waals surface area contributed by atoms with Crippen LogP contribution < -0.4 is 21.3 Å². The molecule has 12 atom stereocenters. The average molecular weight is 1130 g/mol. The molecule has 1 fully saturated rings. The zero-order valence-corrected chi connectivity index (χ0v) is 51.6. The largest absolute Gasteiger partial charge is 0.449 e. The second-order valence-electron chi connectivity index (χ2n) is 24.1. The van der Waals surface area contributed by atoms with Crippen molar-refractivity contribution in [1.29, 1.82) is 0 Å². The van der Waals surface area contributed by atoms with E-state index in [1.165, 1.54) is 23.9 Å². The van der Waals surface area contributed by atoms with Crippen LogP contribution in [0.5, 0.6) is 0 Å². The van der Waals surface area contributed by atoms with E-state index < -0.39 is 179 Å². The number of rotatable bonds is 14. The van der Waals surface area contributed by atoms with Gasteiger partial charge in [-0.15, -0.1) is 24.7 Å². The Labute approximate surface area is 477 Å². The first-order chi connectivity index (χ1) is 37.1. The number of amides is 6. The molecule has 4 N–H and O–H groups in total. The number of unbranched alkanes of at least 4 members (excludes halogenated alkanes) is 2. The van der Waals surface area contributed by atoms with Crippen LogP contribution in [0.15, 0.2) is 0 Å². The standard InChI is InChI=1S/C60H98N6O14/c1-23-25-27-29-41-39(19)55(71)65(21)45(33(7)8)57(73)79-49(37(15)16)59(75)78-48(36(13)14)54(70)64-44(32(5)6)52(68)62-42(30-28-26-24-2)40(20)56(72)66(22)46(34(9)10)58(74)80-50(38(17)18)60(76)77-47(35(11)12)53(69)63-43(31(3)4)51(67)61-41/h1-2,31-50H,25-30H2,3-22H3,(H,61,67)(H,62,68)(H,63,69)(H,64,70)/t39-,40-,41-,42-,43?,44?,45?,46?,47?,48?,49-,50-/m0/s1. The molecule has 20 heteroatoms. The third-order valence-electron chi connectivity index (χ3n) is 14.5. The lowest BCUT2D eigenvalue weighted by molar-refractivity contribution is -0.182. The van der Waals surface area contributed by atoms with E-state index in [2.05, 4.69) is 33.1 Å². The van der Waals surface area contributed by atoms with Crippen molar-refractivity contribution in [3.8, 4) is 24.7 Å². The predicted molar refractivity (Wildman–Crippen MR) is 303 cm³/mol. The van der Waals surface area contributed by atoms with Crippen LogP contribution in [0.25, 0.3) is 0 Å². The Morgan fingerprint density at radius 2 is 0.675 bits per heavy atom. The molecule has 6 unspecified atom stereocenters. The highest BCUT2D eigenvalue weighted by Crippen LogP contribution is 2.25. The number of likely N-dealkylation sites (N-methyl/N-ethyl adjacent to an activating group) is 2. The Kier molecular flexibility index (Phi) is 30.1. The highest BCUT2D eigenvalue weighted by atomic mass is 16.6. The minimum atomic E-state index is -1.55. The molecule has 0 radical (unpaired) electrons. The van der Waals surface area contributed by atoms with Gasteiger partial charge >= 0.3 is 23.9 Å². The SMILES string of the molecule is C#CCCC[C@@H]1NC(=O)C(C(C)C)NC(=O)C(C(C)C)OC(=O)[C@H](C(C)C)OC(=O)C(C(C)C)N(C)C(=O)[C@@H](C)[C@H](CCCC#C)NC(=O)C(C(C)C)NC(=O)C(C(C)C)OC(=O)[C@H](C(C)C)OC(=O)C(C(C)C)N(C)C(=O)[C@H]1C. The van der Waals surface area contributed by atoms with Crippen LogP contribution in [-0.4, -0.2) is 144 Å². The topological polar surface area (TPSA) is 262 Å². The first kappa shape index (κ1) is 71.8. The number of nitrogens with zero attached hydrogens (tertiary/aromatic N) is 2. The molecule has 0 spiro atoms. The van der Waals surface area contributed by atoms with E-state index in [0.717, 1.165) is 0 Å². The van der Waals surface area contributed by atoms with Crippen LogP contribution in [-0.2, 0) is 66.9 Å². The molecule has 0 aromatic heterocycles. The molecule has 0 saturated carbocycles. The Balaban J connectivity index is 4.19. The molecule has 0 aliphatic carbocycles. The fourth-order valence-electron chi connectivity index (χ4n) is 9.52. The lowest BCUT2D eigenvalue weighted by Gasteiger charge is -2.36. The molecule has 1 aliphatic rings. The van der Waals surface area contributed by atoms with Gasteiger partial charge in [0.15, 0.2) is 12.2 Å². The lowest BCUT2D eigenvalue weighted by Crippen LogP contribution is -2.58. The van der Waals surface area contributed by atoms with Crippen LogP contribution in [0, 0.1) is 83.9 Å². The Morgan fingerprint density at radius 1 is 0.400 bits per heavy atom. The van der Waals surface area contributed by atoms with Crippen LogP contribution in [0.3, 0.4) is 0 Å². The minimum absolute atomic E-state index is 0.219. The summed E-state index contributed by atoms with van der Waals surface area (Å²) < 4.78 is 23.5. The number of esters is 4. The maximum atomic E-state index is 14.5. The number of ether oxygens (including phenoxy) is 4. The van der Waals surface area contributed by atoms with Crippen molar-refractivity contribution in [3.05, 3.63) is 0 Å². The van der Waals surface area contributed by atoms with Crippen molar-refractivity contribution in [1.82, 2.24) is 31.1 Å². The highest BCUT2D eigenvalue weighted by molar-refractivity contribution is 5.94. The molecule has 0 bridgehead atoms. The maximum Gasteiger partial charge on any atom is 0.348 e. The van der Waals surface area contributed by atoms with Gasteiger partial charge in [-0.25, -0.2) is 19.2 Å². The van der Waals surface area contributed by atoms with Gasteiger partial charge in [-0.3, -0.25) is 28.8 Å². The lowest BCUT2D eigenvalue weighted by atomic mass is 9.92. The van der Waals surface area contributed by atoms with E-state index in [4.69, 9.17) is 31.8 Å². The molecule has 1 aliphatic heterocycles. The van der Waals surface area contributed by atoms with Crippen LogP contribution in [0.2, 0.25) is 0 Å². The summed E-state index contributed by atoms with van der Waals surface area (Å²) in [6.45, 7) is 29.7. The van der Waals surface area contributed by atoms with E-state index >= 15 is 0 Å². The molecule has 1 saturated heterocycles. The van der Waals surface area contributed by atoms with Gasteiger partial charge in [0.05, 0.1) is 11.8 Å². The molecule has 20 nitrogen and oxygen atoms in total. The molecule has 80 heavy (non-hydrogen) atoms. The summed E-state index contributed by atoms with van der Waals surface area (Å²) in [5.74, 6) is -9.78. The molecule has 1 rings (SSSR count). The molecular weight excluding hydrogens is 1030 g/mol. The predicted octanol–water partition coefficient (Wildman–Crippen LogP) is 5.37. The average Bonchev–Trinajstić information content (AvgIpc) is 3.35. The van der Waals surface area contributed by atoms with Gasteiger partial charge in [-0.2, -0.15) is 0 Å². The highest BCUT2D eigenvalue weighted by Gasteiger charge is 2.44. The van der Waals surface area contributed by atoms with Crippen LogP contribution in [0.1, 0.15) is 163 Å². The van der Waals surface area contributed by atoms with Gasteiger partial charge in [0, 0.05) is 50.9 Å². The van der Waals surface area contributed by atoms with Gasteiger partial charge in [-0.05, 0) is 61.2 Å². The number of hydrogen-bond donors (Lipinski definition) is 4. The van der Waals surface area contributed by atoms with Crippen molar-refractivity contribution < 1.29 is 66.9 Å². The van der Waals surface area contributed by atoms with Crippen molar-refractivity contribution >= 4 is 59.3 Å². The normalized spacial score (nSPS) is 27.9. The molecule has 1 heterocycles. The van der Waals surface area contributed by atoms with E-state index in [0.29, 0.717) is 25.7 Å². The molecule has 0 aromatic rings. The van der Waals surface area contributed by atoms with Crippen LogP contribution in [0.4, 0.5) is 0 Å². The van der Waals surface area contributed by atoms with Crippen LogP contribution >= 0.6 is 0 Å². The van der Waals surface area contributed by atoms with E-state index in [1.54, 1.807) is 125 Å². The Bertz CT molecular complexity index is 2060. The summed E-state index contributed by atoms with van der Waals surface area (Å²) in [5.41, 5.74) is 0. The first-order valence-corrected chi connectivity index (χ1v) is 28.5. The summed E-state index contributed by atoms with van der Waals surface area (Å²) in [4.78, 5) is 146. The Hall–Kier alpha value is -6.18. The third kappa shape index (κ3) is 20.7. The van der Waals surface area contributed by atoms with E-state index in [9.17, 15) is 47.9 Å². The second kappa shape index (κ2) is 33.5. The van der Waals surface area contributed by atoms with Crippen molar-refractivity contribution in [2.24, 2.45) is 59.2 Å². The van der Waals surface area contributed by atoms with E-state index in [-0.39, 0.29) is 12.8 Å². The zero-order valence-electron chi connectivity index (χ0n) is 51.6. The van der Waals surface area contributed by atoms with Gasteiger partial charge in [0.2, 0.25) is 35.8 Å².